The molecule has 0 aliphatic rings. The normalized spacial score (nSPS) is 10.8. The van der Waals surface area contributed by atoms with Crippen LogP contribution < -0.4 is 5.32 Å². The lowest BCUT2D eigenvalue weighted by atomic mass is 10.3. The number of hydrogen-bond acceptors (Lipinski definition) is 4. The van der Waals surface area contributed by atoms with Crippen molar-refractivity contribution in [2.75, 3.05) is 17.6 Å². The summed E-state index contributed by atoms with van der Waals surface area (Å²) in [5.41, 5.74) is 2.04. The van der Waals surface area contributed by atoms with Crippen LogP contribution in [0.25, 0.3) is 5.65 Å². The lowest BCUT2D eigenvalue weighted by Gasteiger charge is -2.01. The average molecular weight is 284 g/mol. The number of aryl methyl sites for hydroxylation is 1. The van der Waals surface area contributed by atoms with Crippen LogP contribution in [0.1, 0.15) is 5.56 Å². The predicted molar refractivity (Wildman–Crippen MR) is 83.4 cm³/mol. The number of aromatic nitrogens is 3. The summed E-state index contributed by atoms with van der Waals surface area (Å²) in [6.45, 7) is 2.88. The topological polar surface area (TPSA) is 42.2 Å². The number of pyridine rings is 1. The predicted octanol–water partition coefficient (Wildman–Crippen LogP) is 3.24. The first-order chi connectivity index (χ1) is 9.83. The molecular formula is C15H16N4S. The maximum atomic E-state index is 4.49. The lowest BCUT2D eigenvalue weighted by molar-refractivity contribution is 0.951. The van der Waals surface area contributed by atoms with Crippen molar-refractivity contribution < 1.29 is 0 Å². The number of nitrogens with one attached hydrogen (secondary N) is 1. The molecule has 20 heavy (non-hydrogen) atoms. The van der Waals surface area contributed by atoms with Crippen molar-refractivity contribution in [3.63, 3.8) is 0 Å². The van der Waals surface area contributed by atoms with Gasteiger partial charge >= 0.3 is 0 Å². The molecule has 102 valence electrons. The molecule has 1 N–H and O–H groups in total. The first-order valence-corrected chi connectivity index (χ1v) is 7.55. The standard InChI is InChI=1S/C15H16N4S/c1-12-6-5-10-19-14(12)17-15(18-19)16-9-11-20-13-7-3-2-4-8-13/h2-8,10H,9,11H2,1H3,(H,16,18). The van der Waals surface area contributed by atoms with E-state index < -0.39 is 0 Å². The van der Waals surface area contributed by atoms with Crippen molar-refractivity contribution >= 4 is 23.4 Å². The molecule has 0 bridgehead atoms. The lowest BCUT2D eigenvalue weighted by Crippen LogP contribution is -2.05. The molecule has 3 aromatic rings. The van der Waals surface area contributed by atoms with Gasteiger partial charge in [-0.25, -0.2) is 4.52 Å². The first kappa shape index (κ1) is 13.0. The van der Waals surface area contributed by atoms with Crippen molar-refractivity contribution in [3.05, 3.63) is 54.2 Å². The van der Waals surface area contributed by atoms with Gasteiger partial charge in [-0.05, 0) is 30.7 Å². The summed E-state index contributed by atoms with van der Waals surface area (Å²) >= 11 is 1.82. The summed E-state index contributed by atoms with van der Waals surface area (Å²) in [7, 11) is 0. The van der Waals surface area contributed by atoms with Gasteiger partial charge in [0.05, 0.1) is 0 Å². The highest BCUT2D eigenvalue weighted by Crippen LogP contribution is 2.16. The molecule has 0 saturated heterocycles. The molecule has 0 atom stereocenters. The monoisotopic (exact) mass is 284 g/mol. The number of hydrogen-bond donors (Lipinski definition) is 1. The summed E-state index contributed by atoms with van der Waals surface area (Å²) in [5.74, 6) is 1.67. The van der Waals surface area contributed by atoms with Gasteiger partial charge in [0, 0.05) is 23.4 Å². The fourth-order valence-corrected chi connectivity index (χ4v) is 2.75. The zero-order chi connectivity index (χ0) is 13.8. The quantitative estimate of drug-likeness (QED) is 0.577. The molecule has 2 aromatic heterocycles. The Morgan fingerprint density at radius 3 is 2.80 bits per heavy atom. The number of fused-ring (bicyclic) bond motifs is 1. The molecule has 1 aromatic carbocycles. The van der Waals surface area contributed by atoms with Crippen molar-refractivity contribution in [3.8, 4) is 0 Å². The number of nitrogens with zero attached hydrogens (tertiary/aromatic N) is 3. The highest BCUT2D eigenvalue weighted by atomic mass is 32.2. The molecule has 0 amide bonds. The molecule has 5 heteroatoms. The molecule has 2 heterocycles. The van der Waals surface area contributed by atoms with Gasteiger partial charge in [-0.3, -0.25) is 0 Å². The second-order valence-corrected chi connectivity index (χ2v) is 5.65. The van der Waals surface area contributed by atoms with Crippen molar-refractivity contribution in [2.45, 2.75) is 11.8 Å². The molecule has 0 fully saturated rings. The van der Waals surface area contributed by atoms with Crippen LogP contribution in [-0.2, 0) is 0 Å². The molecule has 3 rings (SSSR count). The zero-order valence-electron chi connectivity index (χ0n) is 11.3. The number of anilines is 1. The second kappa shape index (κ2) is 5.96. The minimum absolute atomic E-state index is 0.688. The molecule has 0 radical (unpaired) electrons. The van der Waals surface area contributed by atoms with Crippen LogP contribution in [0.4, 0.5) is 5.95 Å². The van der Waals surface area contributed by atoms with Crippen molar-refractivity contribution in [2.24, 2.45) is 0 Å². The van der Waals surface area contributed by atoms with Crippen LogP contribution in [0.15, 0.2) is 53.6 Å². The Labute approximate surface area is 122 Å². The van der Waals surface area contributed by atoms with Gasteiger partial charge in [-0.1, -0.05) is 24.3 Å². The third kappa shape index (κ3) is 2.93. The molecule has 0 unspecified atom stereocenters. The fourth-order valence-electron chi connectivity index (χ4n) is 1.96. The van der Waals surface area contributed by atoms with Gasteiger partial charge in [0.2, 0.25) is 5.95 Å². The van der Waals surface area contributed by atoms with Crippen molar-refractivity contribution in [1.82, 2.24) is 14.6 Å². The van der Waals surface area contributed by atoms with E-state index in [2.05, 4.69) is 39.7 Å². The molecule has 0 aliphatic heterocycles. The molecule has 4 nitrogen and oxygen atoms in total. The van der Waals surface area contributed by atoms with E-state index in [0.29, 0.717) is 5.95 Å². The summed E-state index contributed by atoms with van der Waals surface area (Å²) in [5, 5.41) is 7.67. The Morgan fingerprint density at radius 1 is 1.15 bits per heavy atom. The van der Waals surface area contributed by atoms with E-state index in [1.165, 1.54) is 4.90 Å². The third-order valence-electron chi connectivity index (χ3n) is 2.95. The SMILES string of the molecule is Cc1cccn2nc(NCCSc3ccccc3)nc12. The van der Waals surface area contributed by atoms with Gasteiger partial charge < -0.3 is 5.32 Å². The summed E-state index contributed by atoms with van der Waals surface area (Å²) < 4.78 is 1.81. The minimum atomic E-state index is 0.688. The molecular weight excluding hydrogens is 268 g/mol. The van der Waals surface area contributed by atoms with Crippen LogP contribution in [0.2, 0.25) is 0 Å². The summed E-state index contributed by atoms with van der Waals surface area (Å²) in [6, 6.07) is 14.4. The van der Waals surface area contributed by atoms with Crippen molar-refractivity contribution in [1.29, 1.82) is 0 Å². The van der Waals surface area contributed by atoms with Gasteiger partial charge in [0.1, 0.15) is 0 Å². The summed E-state index contributed by atoms with van der Waals surface area (Å²) in [4.78, 5) is 5.77. The first-order valence-electron chi connectivity index (χ1n) is 6.57. The number of thioether (sulfide) groups is 1. The van der Waals surface area contributed by atoms with E-state index in [4.69, 9.17) is 0 Å². The van der Waals surface area contributed by atoms with Gasteiger partial charge in [0.15, 0.2) is 5.65 Å². The van der Waals surface area contributed by atoms with Crippen LogP contribution >= 0.6 is 11.8 Å². The smallest absolute Gasteiger partial charge is 0.243 e. The molecule has 0 aliphatic carbocycles. The van der Waals surface area contributed by atoms with E-state index in [-0.39, 0.29) is 0 Å². The third-order valence-corrected chi connectivity index (χ3v) is 3.97. The van der Waals surface area contributed by atoms with Gasteiger partial charge in [0.25, 0.3) is 0 Å². The molecule has 0 spiro atoms. The van der Waals surface area contributed by atoms with E-state index in [0.717, 1.165) is 23.5 Å². The van der Waals surface area contributed by atoms with E-state index in [1.54, 1.807) is 0 Å². The van der Waals surface area contributed by atoms with Crippen LogP contribution in [0, 0.1) is 6.92 Å². The number of rotatable bonds is 5. The maximum Gasteiger partial charge on any atom is 0.243 e. The second-order valence-electron chi connectivity index (χ2n) is 4.48. The highest BCUT2D eigenvalue weighted by molar-refractivity contribution is 7.99. The van der Waals surface area contributed by atoms with Gasteiger partial charge in [-0.2, -0.15) is 4.98 Å². The zero-order valence-corrected chi connectivity index (χ0v) is 12.1. The Bertz CT molecular complexity index is 693. The Morgan fingerprint density at radius 2 is 2.00 bits per heavy atom. The Balaban J connectivity index is 1.56. The van der Waals surface area contributed by atoms with E-state index in [1.807, 2.05) is 47.6 Å². The van der Waals surface area contributed by atoms with E-state index in [9.17, 15) is 0 Å². The van der Waals surface area contributed by atoms with E-state index >= 15 is 0 Å². The number of benzene rings is 1. The Kier molecular flexibility index (Phi) is 3.87. The Hall–Kier alpha value is -2.01. The van der Waals surface area contributed by atoms with Gasteiger partial charge in [-0.15, -0.1) is 16.9 Å². The van der Waals surface area contributed by atoms with Crippen LogP contribution in [-0.4, -0.2) is 26.9 Å². The average Bonchev–Trinajstić information content (AvgIpc) is 2.89. The summed E-state index contributed by atoms with van der Waals surface area (Å²) in [6.07, 6.45) is 1.92. The maximum absolute atomic E-state index is 4.49. The largest absolute Gasteiger partial charge is 0.352 e. The minimum Gasteiger partial charge on any atom is -0.352 e. The molecule has 0 saturated carbocycles. The van der Waals surface area contributed by atoms with Crippen LogP contribution in [0.3, 0.4) is 0 Å². The highest BCUT2D eigenvalue weighted by Gasteiger charge is 2.04. The van der Waals surface area contributed by atoms with Crippen LogP contribution in [0.5, 0.6) is 0 Å². The fraction of sp³-hybridized carbons (Fsp3) is 0.200.